The van der Waals surface area contributed by atoms with Crippen molar-refractivity contribution in [1.29, 1.82) is 0 Å². The Bertz CT molecular complexity index is 870. The number of halogens is 1. The van der Waals surface area contributed by atoms with Gasteiger partial charge in [-0.05, 0) is 56.6 Å². The maximum atomic E-state index is 6.22. The molecule has 2 unspecified atom stereocenters. The van der Waals surface area contributed by atoms with E-state index < -0.39 is 0 Å². The SMILES string of the molecule is Cl.c1ccc2c(c1)oc1ccc(OCC34CCCN(CC3)C4)cc12. The van der Waals surface area contributed by atoms with Crippen LogP contribution in [0.1, 0.15) is 19.3 Å². The highest BCUT2D eigenvalue weighted by atomic mass is 35.5. The van der Waals surface area contributed by atoms with Gasteiger partial charge in [0.1, 0.15) is 16.9 Å². The maximum Gasteiger partial charge on any atom is 0.135 e. The first-order chi connectivity index (χ1) is 11.3. The number of nitrogens with zero attached hydrogens (tertiary/aromatic N) is 1. The van der Waals surface area contributed by atoms with Crippen LogP contribution >= 0.6 is 12.4 Å². The summed E-state index contributed by atoms with van der Waals surface area (Å²) in [4.78, 5) is 2.58. The zero-order valence-electron chi connectivity index (χ0n) is 13.7. The fraction of sp³-hybridized carbons (Fsp3) is 0.400. The van der Waals surface area contributed by atoms with Gasteiger partial charge >= 0.3 is 0 Å². The third-order valence-corrected chi connectivity index (χ3v) is 5.59. The number of hydrogen-bond donors (Lipinski definition) is 0. The van der Waals surface area contributed by atoms with Crippen LogP contribution in [0.3, 0.4) is 0 Å². The molecule has 2 saturated heterocycles. The van der Waals surface area contributed by atoms with E-state index in [-0.39, 0.29) is 12.4 Å². The van der Waals surface area contributed by atoms with E-state index in [1.807, 2.05) is 24.3 Å². The lowest BCUT2D eigenvalue weighted by atomic mass is 9.82. The minimum Gasteiger partial charge on any atom is -0.493 e. The number of furan rings is 1. The zero-order chi connectivity index (χ0) is 15.3. The summed E-state index contributed by atoms with van der Waals surface area (Å²) in [5.74, 6) is 0.961. The minimum atomic E-state index is 0. The topological polar surface area (TPSA) is 25.6 Å². The van der Waals surface area contributed by atoms with Gasteiger partial charge in [-0.1, -0.05) is 18.2 Å². The Morgan fingerprint density at radius 1 is 1.00 bits per heavy atom. The Kier molecular flexibility index (Phi) is 3.93. The molecule has 2 bridgehead atoms. The predicted octanol–water partition coefficient (Wildman–Crippen LogP) is 4.87. The number of fused-ring (bicyclic) bond motifs is 5. The summed E-state index contributed by atoms with van der Waals surface area (Å²) in [6.45, 7) is 4.57. The molecule has 3 heterocycles. The average Bonchev–Trinajstić information content (AvgIpc) is 3.10. The van der Waals surface area contributed by atoms with Gasteiger partial charge in [-0.3, -0.25) is 0 Å². The lowest BCUT2D eigenvalue weighted by molar-refractivity contribution is 0.107. The lowest BCUT2D eigenvalue weighted by Crippen LogP contribution is -2.37. The van der Waals surface area contributed by atoms with Crippen molar-refractivity contribution in [3.8, 4) is 5.75 Å². The second-order valence-electron chi connectivity index (χ2n) is 7.17. The van der Waals surface area contributed by atoms with E-state index >= 15 is 0 Å². The molecule has 1 aromatic heterocycles. The van der Waals surface area contributed by atoms with Crippen LogP contribution in [0.15, 0.2) is 46.9 Å². The highest BCUT2D eigenvalue weighted by molar-refractivity contribution is 6.05. The second-order valence-corrected chi connectivity index (χ2v) is 7.17. The van der Waals surface area contributed by atoms with Gasteiger partial charge in [0.2, 0.25) is 0 Å². The first-order valence-corrected chi connectivity index (χ1v) is 8.58. The van der Waals surface area contributed by atoms with Gasteiger partial charge in [0.05, 0.1) is 6.61 Å². The summed E-state index contributed by atoms with van der Waals surface area (Å²) in [7, 11) is 0. The molecule has 4 heteroatoms. The van der Waals surface area contributed by atoms with Gasteiger partial charge in [-0.2, -0.15) is 0 Å². The van der Waals surface area contributed by atoms with Crippen molar-refractivity contribution in [3.63, 3.8) is 0 Å². The quantitative estimate of drug-likeness (QED) is 0.678. The van der Waals surface area contributed by atoms with E-state index in [2.05, 4.69) is 23.1 Å². The molecule has 126 valence electrons. The third kappa shape index (κ3) is 2.56. The Morgan fingerprint density at radius 3 is 2.83 bits per heavy atom. The molecular weight excluding hydrogens is 322 g/mol. The van der Waals surface area contributed by atoms with Gasteiger partial charge in [0.15, 0.2) is 0 Å². The number of rotatable bonds is 3. The normalized spacial score (nSPS) is 25.8. The lowest BCUT2D eigenvalue weighted by Gasteiger charge is -2.33. The van der Waals surface area contributed by atoms with Crippen LogP contribution in [-0.4, -0.2) is 31.1 Å². The van der Waals surface area contributed by atoms with Gasteiger partial charge in [0, 0.05) is 22.7 Å². The second kappa shape index (κ2) is 5.98. The van der Waals surface area contributed by atoms with E-state index in [9.17, 15) is 0 Å². The van der Waals surface area contributed by atoms with E-state index in [0.717, 1.165) is 34.3 Å². The Hall–Kier alpha value is -1.71. The van der Waals surface area contributed by atoms with Crippen molar-refractivity contribution >= 4 is 34.3 Å². The molecule has 3 nitrogen and oxygen atoms in total. The number of piperidine rings is 1. The van der Waals surface area contributed by atoms with Crippen LogP contribution in [0.4, 0.5) is 0 Å². The average molecular weight is 344 g/mol. The van der Waals surface area contributed by atoms with Crippen LogP contribution in [0.25, 0.3) is 21.9 Å². The Labute approximate surface area is 148 Å². The van der Waals surface area contributed by atoms with Crippen molar-refractivity contribution in [2.75, 3.05) is 26.2 Å². The molecule has 3 aromatic rings. The van der Waals surface area contributed by atoms with Crippen molar-refractivity contribution in [1.82, 2.24) is 4.90 Å². The van der Waals surface area contributed by atoms with E-state index in [4.69, 9.17) is 9.15 Å². The first-order valence-electron chi connectivity index (χ1n) is 8.58. The summed E-state index contributed by atoms with van der Waals surface area (Å²) < 4.78 is 12.1. The van der Waals surface area contributed by atoms with E-state index in [0.29, 0.717) is 5.41 Å². The molecule has 2 aromatic carbocycles. The fourth-order valence-corrected chi connectivity index (χ4v) is 4.32. The molecule has 0 spiro atoms. The standard InChI is InChI=1S/C20H21NO2.ClH/c1-2-5-18-16(4-1)17-12-15(6-7-19(17)23-18)22-14-20-8-3-10-21(13-20)11-9-20;/h1-2,4-7,12H,3,8-11,13-14H2;1H. The van der Waals surface area contributed by atoms with Crippen molar-refractivity contribution in [2.45, 2.75) is 19.3 Å². The molecule has 0 saturated carbocycles. The number of para-hydroxylation sites is 1. The molecule has 2 aliphatic rings. The van der Waals surface area contributed by atoms with Crippen molar-refractivity contribution in [3.05, 3.63) is 42.5 Å². The Balaban J connectivity index is 0.00000146. The largest absolute Gasteiger partial charge is 0.493 e. The summed E-state index contributed by atoms with van der Waals surface area (Å²) in [6.07, 6.45) is 3.90. The molecule has 2 fully saturated rings. The molecule has 0 N–H and O–H groups in total. The summed E-state index contributed by atoms with van der Waals surface area (Å²) in [6, 6.07) is 14.4. The fourth-order valence-electron chi connectivity index (χ4n) is 4.32. The van der Waals surface area contributed by atoms with Gasteiger partial charge < -0.3 is 14.1 Å². The van der Waals surface area contributed by atoms with Crippen LogP contribution in [0, 0.1) is 5.41 Å². The molecular formula is C20H22ClNO2. The highest BCUT2D eigenvalue weighted by Crippen LogP contribution is 2.40. The van der Waals surface area contributed by atoms with Gasteiger partial charge in [-0.25, -0.2) is 0 Å². The van der Waals surface area contributed by atoms with Gasteiger partial charge in [-0.15, -0.1) is 12.4 Å². The number of benzene rings is 2. The maximum absolute atomic E-state index is 6.22. The third-order valence-electron chi connectivity index (χ3n) is 5.59. The molecule has 2 atom stereocenters. The monoisotopic (exact) mass is 343 g/mol. The molecule has 0 amide bonds. The van der Waals surface area contributed by atoms with Crippen molar-refractivity contribution in [2.24, 2.45) is 5.41 Å². The molecule has 5 rings (SSSR count). The summed E-state index contributed by atoms with van der Waals surface area (Å²) in [5, 5.41) is 2.31. The number of ether oxygens (including phenoxy) is 1. The highest BCUT2D eigenvalue weighted by Gasteiger charge is 2.41. The first kappa shape index (κ1) is 15.8. The van der Waals surface area contributed by atoms with Crippen LogP contribution in [0.5, 0.6) is 5.75 Å². The van der Waals surface area contributed by atoms with Crippen LogP contribution in [-0.2, 0) is 0 Å². The molecule has 0 aliphatic carbocycles. The zero-order valence-corrected chi connectivity index (χ0v) is 14.5. The van der Waals surface area contributed by atoms with Crippen LogP contribution in [0.2, 0.25) is 0 Å². The molecule has 0 radical (unpaired) electrons. The number of hydrogen-bond acceptors (Lipinski definition) is 3. The summed E-state index contributed by atoms with van der Waals surface area (Å²) in [5.41, 5.74) is 2.25. The Morgan fingerprint density at radius 2 is 1.88 bits per heavy atom. The molecule has 24 heavy (non-hydrogen) atoms. The smallest absolute Gasteiger partial charge is 0.135 e. The van der Waals surface area contributed by atoms with Gasteiger partial charge in [0.25, 0.3) is 0 Å². The predicted molar refractivity (Wildman–Crippen MR) is 99.2 cm³/mol. The summed E-state index contributed by atoms with van der Waals surface area (Å²) >= 11 is 0. The van der Waals surface area contributed by atoms with E-state index in [1.165, 1.54) is 38.9 Å². The van der Waals surface area contributed by atoms with E-state index in [1.54, 1.807) is 0 Å². The van der Waals surface area contributed by atoms with Crippen molar-refractivity contribution < 1.29 is 9.15 Å². The van der Waals surface area contributed by atoms with Crippen LogP contribution < -0.4 is 4.74 Å². The molecule has 2 aliphatic heterocycles. The minimum absolute atomic E-state index is 0.